The Morgan fingerprint density at radius 2 is 1.85 bits per heavy atom. The molecular formula is C23H23N2O2-. The molecule has 4 heteroatoms. The van der Waals surface area contributed by atoms with Gasteiger partial charge in [0.2, 0.25) is 0 Å². The van der Waals surface area contributed by atoms with Crippen molar-refractivity contribution in [3.63, 3.8) is 0 Å². The highest BCUT2D eigenvalue weighted by molar-refractivity contribution is 5.95. The Morgan fingerprint density at radius 3 is 2.52 bits per heavy atom. The molecule has 0 aliphatic carbocycles. The average Bonchev–Trinajstić information content (AvgIpc) is 2.67. The first-order valence-corrected chi connectivity index (χ1v) is 9.11. The number of para-hydroxylation sites is 1. The molecule has 0 aliphatic heterocycles. The number of hydrogen-bond donors (Lipinski definition) is 1. The van der Waals surface area contributed by atoms with Gasteiger partial charge in [-0.1, -0.05) is 43.3 Å². The second-order valence-electron chi connectivity index (χ2n) is 6.65. The zero-order valence-electron chi connectivity index (χ0n) is 15.8. The Balaban J connectivity index is 2.16. The van der Waals surface area contributed by atoms with Gasteiger partial charge in [0.15, 0.2) is 0 Å². The number of aromatic nitrogens is 1. The first kappa shape index (κ1) is 18.6. The Labute approximate surface area is 159 Å². The predicted molar refractivity (Wildman–Crippen MR) is 106 cm³/mol. The van der Waals surface area contributed by atoms with Crippen molar-refractivity contribution >= 4 is 17.3 Å². The van der Waals surface area contributed by atoms with Crippen molar-refractivity contribution in [3.05, 3.63) is 88.7 Å². The third kappa shape index (κ3) is 3.85. The monoisotopic (exact) mass is 359 g/mol. The van der Waals surface area contributed by atoms with E-state index in [1.165, 1.54) is 0 Å². The molecule has 27 heavy (non-hydrogen) atoms. The summed E-state index contributed by atoms with van der Waals surface area (Å²) in [5.41, 5.74) is 5.66. The van der Waals surface area contributed by atoms with Crippen LogP contribution in [0.5, 0.6) is 0 Å². The summed E-state index contributed by atoms with van der Waals surface area (Å²) < 4.78 is 0. The van der Waals surface area contributed by atoms with Gasteiger partial charge in [-0.25, -0.2) is 0 Å². The van der Waals surface area contributed by atoms with Crippen molar-refractivity contribution in [2.75, 3.05) is 5.32 Å². The molecule has 2 aromatic carbocycles. The number of carboxylic acid groups (broad SMARTS) is 1. The van der Waals surface area contributed by atoms with Crippen LogP contribution in [0.4, 0.5) is 11.4 Å². The molecule has 0 radical (unpaired) electrons. The van der Waals surface area contributed by atoms with E-state index in [1.807, 2.05) is 56.3 Å². The van der Waals surface area contributed by atoms with Crippen LogP contribution in [0.1, 0.15) is 52.0 Å². The molecule has 0 spiro atoms. The number of nitrogens with one attached hydrogen (secondary N) is 1. The number of aromatic carboxylic acids is 1. The molecule has 1 atom stereocenters. The molecule has 1 aromatic heterocycles. The summed E-state index contributed by atoms with van der Waals surface area (Å²) in [5, 5.41) is 15.2. The molecule has 0 saturated heterocycles. The summed E-state index contributed by atoms with van der Waals surface area (Å²) in [6.07, 6.45) is 2.56. The van der Waals surface area contributed by atoms with E-state index in [1.54, 1.807) is 18.3 Å². The van der Waals surface area contributed by atoms with Gasteiger partial charge in [-0.15, -0.1) is 0 Å². The minimum atomic E-state index is -1.19. The van der Waals surface area contributed by atoms with Crippen molar-refractivity contribution < 1.29 is 9.90 Å². The Bertz CT molecular complexity index is 952. The zero-order chi connectivity index (χ0) is 19.4. The minimum absolute atomic E-state index is 0.0156. The van der Waals surface area contributed by atoms with E-state index in [9.17, 15) is 9.90 Å². The SMILES string of the molecule is CCC(c1ccccn1)c1cccc(C(=O)[O-])c1Nc1cccc(C)c1C. The molecule has 1 N–H and O–H groups in total. The summed E-state index contributed by atoms with van der Waals surface area (Å²) in [5.74, 6) is -1.21. The lowest BCUT2D eigenvalue weighted by Gasteiger charge is -2.24. The predicted octanol–water partition coefficient (Wildman–Crippen LogP) is 4.35. The number of rotatable bonds is 6. The molecule has 0 bridgehead atoms. The third-order valence-corrected chi connectivity index (χ3v) is 5.01. The highest BCUT2D eigenvalue weighted by Crippen LogP contribution is 2.36. The van der Waals surface area contributed by atoms with E-state index in [4.69, 9.17) is 0 Å². The molecule has 0 saturated carbocycles. The Morgan fingerprint density at radius 1 is 1.07 bits per heavy atom. The Kier molecular flexibility index (Phi) is 5.55. The number of carboxylic acids is 1. The molecule has 3 aromatic rings. The largest absolute Gasteiger partial charge is 0.545 e. The van der Waals surface area contributed by atoms with Gasteiger partial charge in [0, 0.05) is 29.1 Å². The number of nitrogens with zero attached hydrogens (tertiary/aromatic N) is 1. The lowest BCUT2D eigenvalue weighted by molar-refractivity contribution is -0.254. The molecule has 1 unspecified atom stereocenters. The molecule has 138 valence electrons. The highest BCUT2D eigenvalue weighted by Gasteiger charge is 2.20. The van der Waals surface area contributed by atoms with Gasteiger partial charge in [-0.3, -0.25) is 4.98 Å². The molecule has 0 aliphatic rings. The lowest BCUT2D eigenvalue weighted by Crippen LogP contribution is -2.24. The Hall–Kier alpha value is -3.14. The quantitative estimate of drug-likeness (QED) is 0.711. The first-order valence-electron chi connectivity index (χ1n) is 9.11. The second-order valence-corrected chi connectivity index (χ2v) is 6.65. The van der Waals surface area contributed by atoms with Crippen molar-refractivity contribution in [1.29, 1.82) is 0 Å². The van der Waals surface area contributed by atoms with Gasteiger partial charge in [0.25, 0.3) is 0 Å². The van der Waals surface area contributed by atoms with E-state index in [2.05, 4.69) is 17.2 Å². The maximum Gasteiger partial charge on any atom is 0.0736 e. The number of carbonyl (C=O) groups excluding carboxylic acids is 1. The third-order valence-electron chi connectivity index (χ3n) is 5.01. The molecular weight excluding hydrogens is 336 g/mol. The first-order chi connectivity index (χ1) is 13.0. The number of anilines is 2. The van der Waals surface area contributed by atoms with E-state index in [0.29, 0.717) is 5.69 Å². The highest BCUT2D eigenvalue weighted by atomic mass is 16.4. The van der Waals surface area contributed by atoms with Crippen LogP contribution in [0.15, 0.2) is 60.8 Å². The maximum absolute atomic E-state index is 11.8. The number of pyridine rings is 1. The molecule has 0 fully saturated rings. The van der Waals surface area contributed by atoms with Gasteiger partial charge in [-0.2, -0.15) is 0 Å². The van der Waals surface area contributed by atoms with E-state index < -0.39 is 5.97 Å². The fourth-order valence-electron chi connectivity index (χ4n) is 3.36. The summed E-state index contributed by atoms with van der Waals surface area (Å²) in [6.45, 7) is 6.14. The molecule has 4 nitrogen and oxygen atoms in total. The summed E-state index contributed by atoms with van der Waals surface area (Å²) >= 11 is 0. The molecule has 0 amide bonds. The zero-order valence-corrected chi connectivity index (χ0v) is 15.8. The van der Waals surface area contributed by atoms with Crippen LogP contribution in [-0.2, 0) is 0 Å². The van der Waals surface area contributed by atoms with Crippen LogP contribution in [-0.4, -0.2) is 11.0 Å². The van der Waals surface area contributed by atoms with Crippen molar-refractivity contribution in [2.24, 2.45) is 0 Å². The number of carbonyl (C=O) groups is 1. The topological polar surface area (TPSA) is 65.0 Å². The van der Waals surface area contributed by atoms with Crippen LogP contribution in [0, 0.1) is 13.8 Å². The van der Waals surface area contributed by atoms with Crippen LogP contribution < -0.4 is 10.4 Å². The van der Waals surface area contributed by atoms with Gasteiger partial charge in [-0.05, 0) is 55.2 Å². The standard InChI is InChI=1S/C23H24N2O2/c1-4-17(21-12-5-6-14-24-21)18-10-8-11-19(23(26)27)22(18)25-20-13-7-9-15(2)16(20)3/h5-14,17,25H,4H2,1-3H3,(H,26,27)/p-1. The van der Waals surface area contributed by atoms with Crippen molar-refractivity contribution in [1.82, 2.24) is 4.98 Å². The number of benzene rings is 2. The molecule has 1 heterocycles. The van der Waals surface area contributed by atoms with Crippen molar-refractivity contribution in [2.45, 2.75) is 33.1 Å². The fraction of sp³-hybridized carbons (Fsp3) is 0.217. The average molecular weight is 359 g/mol. The van der Waals surface area contributed by atoms with E-state index in [0.717, 1.165) is 34.5 Å². The summed E-state index contributed by atoms with van der Waals surface area (Å²) in [7, 11) is 0. The van der Waals surface area contributed by atoms with Crippen molar-refractivity contribution in [3.8, 4) is 0 Å². The van der Waals surface area contributed by atoms with E-state index >= 15 is 0 Å². The van der Waals surface area contributed by atoms with Gasteiger partial charge < -0.3 is 15.2 Å². The van der Waals surface area contributed by atoms with Gasteiger partial charge >= 0.3 is 0 Å². The summed E-state index contributed by atoms with van der Waals surface area (Å²) in [4.78, 5) is 16.3. The number of aryl methyl sites for hydroxylation is 1. The lowest BCUT2D eigenvalue weighted by atomic mass is 9.89. The maximum atomic E-state index is 11.8. The number of hydrogen-bond acceptors (Lipinski definition) is 4. The van der Waals surface area contributed by atoms with Gasteiger partial charge in [0.05, 0.1) is 11.7 Å². The second kappa shape index (κ2) is 8.04. The normalized spacial score (nSPS) is 11.8. The fourth-order valence-corrected chi connectivity index (χ4v) is 3.36. The van der Waals surface area contributed by atoms with Gasteiger partial charge in [0.1, 0.15) is 0 Å². The van der Waals surface area contributed by atoms with E-state index in [-0.39, 0.29) is 11.5 Å². The smallest absolute Gasteiger partial charge is 0.0736 e. The van der Waals surface area contributed by atoms with Crippen LogP contribution in [0.3, 0.4) is 0 Å². The van der Waals surface area contributed by atoms with Crippen LogP contribution in [0.25, 0.3) is 0 Å². The van der Waals surface area contributed by atoms with Crippen LogP contribution in [0.2, 0.25) is 0 Å². The minimum Gasteiger partial charge on any atom is -0.545 e. The molecule has 3 rings (SSSR count). The van der Waals surface area contributed by atoms with Crippen LogP contribution >= 0.6 is 0 Å². The summed E-state index contributed by atoms with van der Waals surface area (Å²) in [6, 6.07) is 17.1.